The van der Waals surface area contributed by atoms with Gasteiger partial charge >= 0.3 is 11.7 Å². The smallest absolute Gasteiger partial charge is 0.330 e. The van der Waals surface area contributed by atoms with Crippen LogP contribution in [0.4, 0.5) is 0 Å². The third-order valence-corrected chi connectivity index (χ3v) is 15.2. The predicted molar refractivity (Wildman–Crippen MR) is 214 cm³/mol. The Labute approximate surface area is 323 Å². The monoisotopic (exact) mass is 762 g/mol. The molecule has 1 aliphatic rings. The minimum atomic E-state index is -3.00. The van der Waals surface area contributed by atoms with Gasteiger partial charge < -0.3 is 23.4 Å². The van der Waals surface area contributed by atoms with Crippen LogP contribution in [0.3, 0.4) is 0 Å². The van der Waals surface area contributed by atoms with E-state index in [2.05, 4.69) is 50.0 Å². The summed E-state index contributed by atoms with van der Waals surface area (Å²) in [5.74, 6) is -0.578. The third kappa shape index (κ3) is 8.82. The van der Waals surface area contributed by atoms with Crippen LogP contribution < -0.4 is 21.6 Å². The summed E-state index contributed by atoms with van der Waals surface area (Å²) in [4.78, 5) is 41.2. The Kier molecular flexibility index (Phi) is 12.5. The number of rotatable bonds is 15. The van der Waals surface area contributed by atoms with E-state index in [1.165, 1.54) is 17.7 Å². The first-order chi connectivity index (χ1) is 26.4. The van der Waals surface area contributed by atoms with Gasteiger partial charge in [-0.25, -0.2) is 4.79 Å². The van der Waals surface area contributed by atoms with Gasteiger partial charge in [0.25, 0.3) is 13.9 Å². The zero-order valence-electron chi connectivity index (χ0n) is 32.1. The number of aryl methyl sites for hydroxylation is 1. The number of aromatic amines is 1. The standard InChI is InChI=1S/C44H50N2O8Si/c1-32-28-46(42(49)45-40(32)48)41-38(53-33(2)47)39(51-30-35-20-12-7-13-21-35)44(54-41,31-50-29-34-18-10-6-11-19-34)26-27-52-55(43(3,4)5,36-22-14-8-15-23-36)37-24-16-9-17-25-37/h6-25,28,38-39,41H,26-27,29-31H2,1-5H3,(H,45,48,49)/t38-,39+,41-,44-/m1/s1. The van der Waals surface area contributed by atoms with Crippen LogP contribution in [-0.4, -0.2) is 54.9 Å². The Bertz CT molecular complexity index is 2080. The summed E-state index contributed by atoms with van der Waals surface area (Å²) in [7, 11) is -3.00. The van der Waals surface area contributed by atoms with Gasteiger partial charge in [0.05, 0.1) is 19.8 Å². The first-order valence-electron chi connectivity index (χ1n) is 18.6. The normalized spacial score (nSPS) is 20.0. The van der Waals surface area contributed by atoms with Gasteiger partial charge in [0, 0.05) is 31.7 Å². The summed E-state index contributed by atoms with van der Waals surface area (Å²) in [6.07, 6.45) is -1.52. The van der Waals surface area contributed by atoms with Crippen molar-refractivity contribution >= 4 is 24.7 Å². The van der Waals surface area contributed by atoms with E-state index >= 15 is 0 Å². The molecule has 2 heterocycles. The number of aromatic nitrogens is 2. The van der Waals surface area contributed by atoms with Crippen LogP contribution in [0.15, 0.2) is 137 Å². The maximum absolute atomic E-state index is 13.5. The fourth-order valence-corrected chi connectivity index (χ4v) is 12.1. The molecule has 0 unspecified atom stereocenters. The lowest BCUT2D eigenvalue weighted by Gasteiger charge is -2.44. The average molecular weight is 763 g/mol. The summed E-state index contributed by atoms with van der Waals surface area (Å²) in [5.41, 5.74) is -0.378. The second-order valence-corrected chi connectivity index (χ2v) is 19.4. The lowest BCUT2D eigenvalue weighted by atomic mass is 9.92. The van der Waals surface area contributed by atoms with Crippen LogP contribution in [0.25, 0.3) is 0 Å². The molecule has 5 aromatic rings. The number of hydrogen-bond donors (Lipinski definition) is 1. The third-order valence-electron chi connectivity index (χ3n) is 10.2. The SMILES string of the molecule is CC(=O)O[C@H]1[C@H](n2cc(C)c(=O)[nH]c2=O)O[C@](CCO[Si](c2ccccc2)(c2ccccc2)C(C)(C)C)(COCc2ccccc2)[C@H]1OCc1ccccc1. The molecule has 288 valence electrons. The lowest BCUT2D eigenvalue weighted by Crippen LogP contribution is -2.67. The zero-order valence-corrected chi connectivity index (χ0v) is 33.1. The molecule has 1 aliphatic heterocycles. The number of esters is 1. The highest BCUT2D eigenvalue weighted by Gasteiger charge is 2.59. The van der Waals surface area contributed by atoms with Gasteiger partial charge in [-0.1, -0.05) is 142 Å². The molecule has 1 N–H and O–H groups in total. The first kappa shape index (κ1) is 39.8. The average Bonchev–Trinajstić information content (AvgIpc) is 3.46. The maximum Gasteiger partial charge on any atom is 0.330 e. The number of nitrogens with zero attached hydrogens (tertiary/aromatic N) is 1. The molecule has 1 saturated heterocycles. The number of benzene rings is 4. The molecule has 10 nitrogen and oxygen atoms in total. The molecule has 0 bridgehead atoms. The number of hydrogen-bond acceptors (Lipinski definition) is 8. The van der Waals surface area contributed by atoms with Crippen molar-refractivity contribution in [3.8, 4) is 0 Å². The molecule has 0 spiro atoms. The van der Waals surface area contributed by atoms with Crippen molar-refractivity contribution in [1.29, 1.82) is 0 Å². The minimum absolute atomic E-state index is 0.0107. The summed E-state index contributed by atoms with van der Waals surface area (Å²) < 4.78 is 35.0. The quantitative estimate of drug-likeness (QED) is 0.105. The van der Waals surface area contributed by atoms with E-state index in [-0.39, 0.29) is 37.9 Å². The van der Waals surface area contributed by atoms with E-state index in [1.807, 2.05) is 97.1 Å². The highest BCUT2D eigenvalue weighted by Crippen LogP contribution is 2.44. The summed E-state index contributed by atoms with van der Waals surface area (Å²) in [6, 6.07) is 40.2. The Balaban J connectivity index is 1.46. The van der Waals surface area contributed by atoms with Gasteiger partial charge in [-0.05, 0) is 33.5 Å². The molecule has 11 heteroatoms. The molecule has 0 radical (unpaired) electrons. The van der Waals surface area contributed by atoms with E-state index in [1.54, 1.807) is 6.92 Å². The van der Waals surface area contributed by atoms with Gasteiger partial charge in [-0.3, -0.25) is 19.1 Å². The van der Waals surface area contributed by atoms with Crippen molar-refractivity contribution < 1.29 is 28.2 Å². The maximum atomic E-state index is 13.5. The second-order valence-electron chi connectivity index (χ2n) is 15.1. The summed E-state index contributed by atoms with van der Waals surface area (Å²) in [6.45, 7) is 10.2. The van der Waals surface area contributed by atoms with E-state index in [0.717, 1.165) is 21.5 Å². The predicted octanol–water partition coefficient (Wildman–Crippen LogP) is 5.81. The van der Waals surface area contributed by atoms with E-state index in [4.69, 9.17) is 23.4 Å². The van der Waals surface area contributed by atoms with Crippen molar-refractivity contribution in [3.05, 3.63) is 165 Å². The number of carbonyl (C=O) groups is 1. The highest BCUT2D eigenvalue weighted by atomic mass is 28.4. The lowest BCUT2D eigenvalue weighted by molar-refractivity contribution is -0.165. The van der Waals surface area contributed by atoms with Gasteiger partial charge in [0.2, 0.25) is 0 Å². The number of nitrogens with one attached hydrogen (secondary N) is 1. The zero-order chi connectivity index (χ0) is 39.1. The Morgan fingerprint density at radius 3 is 1.87 bits per heavy atom. The molecule has 1 aromatic heterocycles. The van der Waals surface area contributed by atoms with Crippen LogP contribution in [0.5, 0.6) is 0 Å². The van der Waals surface area contributed by atoms with Crippen molar-refractivity contribution in [3.63, 3.8) is 0 Å². The molecule has 6 rings (SSSR count). The first-order valence-corrected chi connectivity index (χ1v) is 20.5. The van der Waals surface area contributed by atoms with Crippen LogP contribution in [0, 0.1) is 6.92 Å². The van der Waals surface area contributed by atoms with Crippen molar-refractivity contribution in [2.24, 2.45) is 0 Å². The molecule has 0 amide bonds. The fraction of sp³-hybridized carbons (Fsp3) is 0.341. The summed E-state index contributed by atoms with van der Waals surface area (Å²) in [5, 5.41) is 1.95. The van der Waals surface area contributed by atoms with Crippen LogP contribution in [0.1, 0.15) is 57.0 Å². The van der Waals surface area contributed by atoms with Crippen LogP contribution >= 0.6 is 0 Å². The van der Waals surface area contributed by atoms with Gasteiger partial charge in [-0.2, -0.15) is 0 Å². The van der Waals surface area contributed by atoms with Gasteiger partial charge in [0.15, 0.2) is 12.3 Å². The van der Waals surface area contributed by atoms with E-state index < -0.39 is 49.6 Å². The van der Waals surface area contributed by atoms with Crippen molar-refractivity contribution in [1.82, 2.24) is 9.55 Å². The van der Waals surface area contributed by atoms with Crippen molar-refractivity contribution in [2.45, 2.75) is 83.3 Å². The summed E-state index contributed by atoms with van der Waals surface area (Å²) >= 11 is 0. The Hall–Kier alpha value is -4.91. The largest absolute Gasteiger partial charge is 0.455 e. The Morgan fingerprint density at radius 2 is 1.35 bits per heavy atom. The van der Waals surface area contributed by atoms with Gasteiger partial charge in [-0.15, -0.1) is 0 Å². The molecule has 4 atom stereocenters. The van der Waals surface area contributed by atoms with Crippen LogP contribution in [0.2, 0.25) is 5.04 Å². The molecular weight excluding hydrogens is 713 g/mol. The second kappa shape index (κ2) is 17.3. The number of ether oxygens (including phenoxy) is 4. The molecule has 55 heavy (non-hydrogen) atoms. The molecule has 4 aromatic carbocycles. The molecular formula is C44H50N2O8Si. The van der Waals surface area contributed by atoms with Gasteiger partial charge in [0.1, 0.15) is 11.7 Å². The van der Waals surface area contributed by atoms with E-state index in [0.29, 0.717) is 5.56 Å². The topological polar surface area (TPSA) is 118 Å². The highest BCUT2D eigenvalue weighted by molar-refractivity contribution is 6.99. The molecule has 0 saturated carbocycles. The van der Waals surface area contributed by atoms with E-state index in [9.17, 15) is 14.4 Å². The van der Waals surface area contributed by atoms with Crippen molar-refractivity contribution in [2.75, 3.05) is 13.2 Å². The fourth-order valence-electron chi connectivity index (χ4n) is 7.58. The molecule has 1 fully saturated rings. The number of carbonyl (C=O) groups excluding carboxylic acids is 1. The molecule has 0 aliphatic carbocycles. The minimum Gasteiger partial charge on any atom is -0.455 e. The van der Waals surface area contributed by atoms with Crippen LogP contribution in [-0.2, 0) is 41.4 Å². The Morgan fingerprint density at radius 1 is 0.818 bits per heavy atom. The number of H-pyrrole nitrogens is 1.